The molecule has 2 aromatic carbocycles. The number of hydrogen-bond acceptors (Lipinski definition) is 5. The van der Waals surface area contributed by atoms with Gasteiger partial charge in [-0.05, 0) is 43.5 Å². The summed E-state index contributed by atoms with van der Waals surface area (Å²) in [5.74, 6) is 1.16. The third kappa shape index (κ3) is 4.68. The van der Waals surface area contributed by atoms with Crippen LogP contribution in [0.25, 0.3) is 0 Å². The molecule has 1 fully saturated rings. The van der Waals surface area contributed by atoms with Crippen LogP contribution in [0.3, 0.4) is 0 Å². The fraction of sp³-hybridized carbons (Fsp3) is 0.364. The van der Waals surface area contributed by atoms with E-state index in [1.807, 2.05) is 30.3 Å². The van der Waals surface area contributed by atoms with Crippen LogP contribution in [0, 0.1) is 0 Å². The Kier molecular flexibility index (Phi) is 5.95. The second-order valence-electron chi connectivity index (χ2n) is 7.02. The van der Waals surface area contributed by atoms with E-state index < -0.39 is 6.10 Å². The molecular formula is C22H24N2O5. The van der Waals surface area contributed by atoms with Gasteiger partial charge in [0.05, 0.1) is 12.3 Å². The Labute approximate surface area is 169 Å². The van der Waals surface area contributed by atoms with Gasteiger partial charge < -0.3 is 24.4 Å². The largest absolute Gasteiger partial charge is 0.494 e. The molecule has 2 amide bonds. The molecule has 1 atom stereocenters. The molecule has 0 radical (unpaired) electrons. The van der Waals surface area contributed by atoms with E-state index in [1.165, 1.54) is 0 Å². The Morgan fingerprint density at radius 3 is 2.86 bits per heavy atom. The molecule has 0 spiro atoms. The SMILES string of the molecule is O=C(Nc1ccc2c(c1)OCC(=O)N2CCCOc1ccccc1)C1CCCO1. The number of carbonyl (C=O) groups is 2. The fourth-order valence-electron chi connectivity index (χ4n) is 3.46. The van der Waals surface area contributed by atoms with Crippen molar-refractivity contribution >= 4 is 23.2 Å². The number of hydrogen-bond donors (Lipinski definition) is 1. The number of carbonyl (C=O) groups excluding carboxylic acids is 2. The molecule has 0 aliphatic carbocycles. The average Bonchev–Trinajstić information content (AvgIpc) is 3.28. The lowest BCUT2D eigenvalue weighted by molar-refractivity contribution is -0.124. The van der Waals surface area contributed by atoms with E-state index >= 15 is 0 Å². The summed E-state index contributed by atoms with van der Waals surface area (Å²) in [7, 11) is 0. The lowest BCUT2D eigenvalue weighted by atomic mass is 10.2. The van der Waals surface area contributed by atoms with Gasteiger partial charge >= 0.3 is 0 Å². The van der Waals surface area contributed by atoms with Crippen molar-refractivity contribution in [2.45, 2.75) is 25.4 Å². The zero-order chi connectivity index (χ0) is 20.1. The molecule has 7 heteroatoms. The zero-order valence-electron chi connectivity index (χ0n) is 16.1. The molecule has 29 heavy (non-hydrogen) atoms. The molecule has 7 nitrogen and oxygen atoms in total. The van der Waals surface area contributed by atoms with Crippen molar-refractivity contribution in [1.82, 2.24) is 0 Å². The second-order valence-corrected chi connectivity index (χ2v) is 7.02. The molecule has 2 heterocycles. The van der Waals surface area contributed by atoms with Crippen molar-refractivity contribution in [3.63, 3.8) is 0 Å². The summed E-state index contributed by atoms with van der Waals surface area (Å²) in [5, 5.41) is 2.86. The van der Waals surface area contributed by atoms with E-state index in [9.17, 15) is 9.59 Å². The maximum absolute atomic E-state index is 12.3. The van der Waals surface area contributed by atoms with Crippen LogP contribution in [0.1, 0.15) is 19.3 Å². The van der Waals surface area contributed by atoms with E-state index in [4.69, 9.17) is 14.2 Å². The molecular weight excluding hydrogens is 372 g/mol. The summed E-state index contributed by atoms with van der Waals surface area (Å²) in [4.78, 5) is 26.3. The van der Waals surface area contributed by atoms with Crippen LogP contribution in [-0.4, -0.2) is 44.3 Å². The number of rotatable bonds is 7. The van der Waals surface area contributed by atoms with Crippen LogP contribution >= 0.6 is 0 Å². The van der Waals surface area contributed by atoms with Crippen molar-refractivity contribution in [2.24, 2.45) is 0 Å². The molecule has 0 bridgehead atoms. The molecule has 2 aliphatic rings. The Morgan fingerprint density at radius 2 is 2.07 bits per heavy atom. The van der Waals surface area contributed by atoms with Crippen LogP contribution in [0.2, 0.25) is 0 Å². The Balaban J connectivity index is 1.36. The van der Waals surface area contributed by atoms with E-state index in [0.29, 0.717) is 43.3 Å². The predicted molar refractivity (Wildman–Crippen MR) is 108 cm³/mol. The first-order valence-electron chi connectivity index (χ1n) is 9.88. The quantitative estimate of drug-likeness (QED) is 0.728. The number of amides is 2. The molecule has 2 aromatic rings. The molecule has 0 saturated carbocycles. The third-order valence-corrected chi connectivity index (χ3v) is 4.93. The number of ether oxygens (including phenoxy) is 3. The van der Waals surface area contributed by atoms with Gasteiger partial charge in [0.1, 0.15) is 17.6 Å². The predicted octanol–water partition coefficient (Wildman–Crippen LogP) is 3.00. The van der Waals surface area contributed by atoms with Crippen molar-refractivity contribution in [3.05, 3.63) is 48.5 Å². The normalized spacial score (nSPS) is 18.1. The van der Waals surface area contributed by atoms with Crippen molar-refractivity contribution in [2.75, 3.05) is 36.6 Å². The number of benzene rings is 2. The van der Waals surface area contributed by atoms with Crippen molar-refractivity contribution in [3.8, 4) is 11.5 Å². The molecule has 4 rings (SSSR count). The van der Waals surface area contributed by atoms with Gasteiger partial charge in [0.2, 0.25) is 0 Å². The van der Waals surface area contributed by atoms with E-state index in [0.717, 1.165) is 18.6 Å². The molecule has 2 aliphatic heterocycles. The van der Waals surface area contributed by atoms with E-state index in [-0.39, 0.29) is 18.4 Å². The molecule has 1 saturated heterocycles. The number of anilines is 2. The summed E-state index contributed by atoms with van der Waals surface area (Å²) < 4.78 is 16.7. The molecule has 0 aromatic heterocycles. The first kappa shape index (κ1) is 19.3. The molecule has 1 N–H and O–H groups in total. The standard InChI is InChI=1S/C22H24N2O5/c25-21-15-29-20-14-16(23-22(26)19-8-4-12-28-19)9-10-18(20)24(21)11-5-13-27-17-6-2-1-3-7-17/h1-3,6-7,9-10,14,19H,4-5,8,11-13,15H2,(H,23,26). The number of nitrogens with zero attached hydrogens (tertiary/aromatic N) is 1. The number of para-hydroxylation sites is 1. The topological polar surface area (TPSA) is 77.1 Å². The highest BCUT2D eigenvalue weighted by atomic mass is 16.5. The zero-order valence-corrected chi connectivity index (χ0v) is 16.1. The first-order chi connectivity index (χ1) is 14.2. The highest BCUT2D eigenvalue weighted by Gasteiger charge is 2.27. The summed E-state index contributed by atoms with van der Waals surface area (Å²) in [6, 6.07) is 14.9. The highest BCUT2D eigenvalue weighted by molar-refractivity contribution is 5.99. The second kappa shape index (κ2) is 8.96. The van der Waals surface area contributed by atoms with Gasteiger partial charge in [-0.1, -0.05) is 18.2 Å². The van der Waals surface area contributed by atoms with Crippen LogP contribution in [0.15, 0.2) is 48.5 Å². The van der Waals surface area contributed by atoms with Crippen molar-refractivity contribution in [1.29, 1.82) is 0 Å². The minimum absolute atomic E-state index is 0.0182. The number of nitrogens with one attached hydrogen (secondary N) is 1. The van der Waals surface area contributed by atoms with Crippen LogP contribution in [-0.2, 0) is 14.3 Å². The lowest BCUT2D eigenvalue weighted by Crippen LogP contribution is -2.39. The Morgan fingerprint density at radius 1 is 1.21 bits per heavy atom. The summed E-state index contributed by atoms with van der Waals surface area (Å²) in [6.45, 7) is 1.65. The molecule has 1 unspecified atom stereocenters. The average molecular weight is 396 g/mol. The summed E-state index contributed by atoms with van der Waals surface area (Å²) >= 11 is 0. The minimum atomic E-state index is -0.394. The minimum Gasteiger partial charge on any atom is -0.494 e. The Bertz CT molecular complexity index is 865. The smallest absolute Gasteiger partial charge is 0.265 e. The lowest BCUT2D eigenvalue weighted by Gasteiger charge is -2.29. The fourth-order valence-corrected chi connectivity index (χ4v) is 3.46. The van der Waals surface area contributed by atoms with Gasteiger partial charge in [-0.2, -0.15) is 0 Å². The van der Waals surface area contributed by atoms with Gasteiger partial charge in [-0.25, -0.2) is 0 Å². The van der Waals surface area contributed by atoms with E-state index in [2.05, 4.69) is 5.32 Å². The van der Waals surface area contributed by atoms with Crippen LogP contribution in [0.4, 0.5) is 11.4 Å². The third-order valence-electron chi connectivity index (χ3n) is 4.93. The number of fused-ring (bicyclic) bond motifs is 1. The van der Waals surface area contributed by atoms with Gasteiger partial charge in [0.15, 0.2) is 6.61 Å². The van der Waals surface area contributed by atoms with Crippen molar-refractivity contribution < 1.29 is 23.8 Å². The highest BCUT2D eigenvalue weighted by Crippen LogP contribution is 2.34. The van der Waals surface area contributed by atoms with E-state index in [1.54, 1.807) is 23.1 Å². The van der Waals surface area contributed by atoms with Gasteiger partial charge in [-0.3, -0.25) is 9.59 Å². The molecule has 152 valence electrons. The maximum Gasteiger partial charge on any atom is 0.265 e. The van der Waals surface area contributed by atoms with Crippen LogP contribution in [0.5, 0.6) is 11.5 Å². The maximum atomic E-state index is 12.3. The Hall–Kier alpha value is -3.06. The van der Waals surface area contributed by atoms with Crippen LogP contribution < -0.4 is 19.7 Å². The summed E-state index contributed by atoms with van der Waals surface area (Å²) in [6.07, 6.45) is 1.93. The van der Waals surface area contributed by atoms with Gasteiger partial charge in [-0.15, -0.1) is 0 Å². The van der Waals surface area contributed by atoms with Gasteiger partial charge in [0.25, 0.3) is 11.8 Å². The van der Waals surface area contributed by atoms with Gasteiger partial charge in [0, 0.05) is 24.9 Å². The first-order valence-corrected chi connectivity index (χ1v) is 9.88. The summed E-state index contributed by atoms with van der Waals surface area (Å²) in [5.41, 5.74) is 1.34. The monoisotopic (exact) mass is 396 g/mol.